The lowest BCUT2D eigenvalue weighted by Crippen LogP contribution is -2.45. The molecule has 2 amide bonds. The number of nitrogens with zero attached hydrogens (tertiary/aromatic N) is 1. The van der Waals surface area contributed by atoms with E-state index in [0.29, 0.717) is 13.0 Å². The lowest BCUT2D eigenvalue weighted by atomic mass is 9.81. The maximum Gasteiger partial charge on any atom is 0.396 e. The van der Waals surface area contributed by atoms with Crippen LogP contribution in [0.25, 0.3) is 0 Å². The van der Waals surface area contributed by atoms with E-state index in [0.717, 1.165) is 12.8 Å². The van der Waals surface area contributed by atoms with Gasteiger partial charge in [0.1, 0.15) is 0 Å². The van der Waals surface area contributed by atoms with Crippen molar-refractivity contribution in [2.24, 2.45) is 16.7 Å². The molecule has 0 spiro atoms. The first-order chi connectivity index (χ1) is 10.2. The Labute approximate surface area is 125 Å². The highest BCUT2D eigenvalue weighted by Gasteiger charge is 2.63. The van der Waals surface area contributed by atoms with Gasteiger partial charge in [-0.1, -0.05) is 6.42 Å². The fourth-order valence-corrected chi connectivity index (χ4v) is 3.86. The number of hydrogen-bond donors (Lipinski definition) is 2. The van der Waals surface area contributed by atoms with Gasteiger partial charge in [-0.2, -0.15) is 13.2 Å². The van der Waals surface area contributed by atoms with Crippen molar-refractivity contribution < 1.29 is 27.9 Å². The van der Waals surface area contributed by atoms with E-state index in [1.165, 1.54) is 4.90 Å². The van der Waals surface area contributed by atoms with E-state index in [1.54, 1.807) is 0 Å². The number of halogens is 3. The molecule has 1 saturated heterocycles. The number of rotatable bonds is 3. The average Bonchev–Trinajstić information content (AvgIpc) is 2.96. The molecule has 2 N–H and O–H groups in total. The number of amides is 2. The highest BCUT2D eigenvalue weighted by molar-refractivity contribution is 5.80. The minimum absolute atomic E-state index is 0.0401. The highest BCUT2D eigenvalue weighted by Crippen LogP contribution is 2.57. The Morgan fingerprint density at radius 2 is 1.95 bits per heavy atom. The van der Waals surface area contributed by atoms with E-state index in [-0.39, 0.29) is 25.3 Å². The monoisotopic (exact) mass is 320 g/mol. The van der Waals surface area contributed by atoms with E-state index in [1.807, 2.05) is 0 Å². The number of likely N-dealkylation sites (tertiary alicyclic amines) is 1. The van der Waals surface area contributed by atoms with E-state index in [4.69, 9.17) is 0 Å². The summed E-state index contributed by atoms with van der Waals surface area (Å²) in [6.07, 6.45) is -2.11. The van der Waals surface area contributed by atoms with Crippen molar-refractivity contribution in [3.8, 4) is 0 Å². The fourth-order valence-electron chi connectivity index (χ4n) is 3.86. The smallest absolute Gasteiger partial charge is 0.396 e. The second-order valence-corrected chi connectivity index (χ2v) is 6.87. The molecule has 3 rings (SSSR count). The molecule has 1 heterocycles. The molecule has 0 radical (unpaired) electrons. The maximum atomic E-state index is 12.8. The molecule has 8 heteroatoms. The average molecular weight is 320 g/mol. The number of nitrogens with one attached hydrogen (secondary N) is 1. The van der Waals surface area contributed by atoms with Crippen LogP contribution in [0.4, 0.5) is 18.0 Å². The van der Waals surface area contributed by atoms with Crippen molar-refractivity contribution in [1.82, 2.24) is 10.2 Å². The van der Waals surface area contributed by atoms with Crippen LogP contribution < -0.4 is 5.32 Å². The molecule has 22 heavy (non-hydrogen) atoms. The molecule has 5 nitrogen and oxygen atoms in total. The van der Waals surface area contributed by atoms with Crippen molar-refractivity contribution in [3.05, 3.63) is 0 Å². The first-order valence-electron chi connectivity index (χ1n) is 7.53. The summed E-state index contributed by atoms with van der Waals surface area (Å²) in [5, 5.41) is 11.8. The standard InChI is InChI=1S/C14H19F3N2O3/c15-14(16,17)12(4-5-12)7-18-11(22)19-6-9-2-1-3-13(9,8-19)10(20)21/h9H,1-8H2,(H,18,22)(H,20,21)/t9-,13+/m0/s1. The topological polar surface area (TPSA) is 69.6 Å². The van der Waals surface area contributed by atoms with Gasteiger partial charge in [-0.05, 0) is 31.6 Å². The van der Waals surface area contributed by atoms with Crippen molar-refractivity contribution in [1.29, 1.82) is 0 Å². The predicted molar refractivity (Wildman–Crippen MR) is 70.1 cm³/mol. The van der Waals surface area contributed by atoms with Crippen LogP contribution in [0.15, 0.2) is 0 Å². The first-order valence-corrected chi connectivity index (χ1v) is 7.53. The molecule has 0 aromatic carbocycles. The van der Waals surface area contributed by atoms with Crippen molar-refractivity contribution in [3.63, 3.8) is 0 Å². The Kier molecular flexibility index (Phi) is 3.34. The normalized spacial score (nSPS) is 32.7. The number of hydrogen-bond acceptors (Lipinski definition) is 2. The van der Waals surface area contributed by atoms with Crippen LogP contribution in [-0.2, 0) is 4.79 Å². The zero-order valence-electron chi connectivity index (χ0n) is 12.1. The molecular formula is C14H19F3N2O3. The number of aliphatic carboxylic acids is 1. The molecule has 2 atom stereocenters. The third-order valence-electron chi connectivity index (χ3n) is 5.62. The molecule has 124 valence electrons. The third-order valence-corrected chi connectivity index (χ3v) is 5.62. The SMILES string of the molecule is O=C(NCC1(C(F)(F)F)CC1)N1C[C@@H]2CCC[C@@]2(C(=O)O)C1. The fraction of sp³-hybridized carbons (Fsp3) is 0.857. The molecule has 3 aliphatic rings. The summed E-state index contributed by atoms with van der Waals surface area (Å²) in [7, 11) is 0. The summed E-state index contributed by atoms with van der Waals surface area (Å²) in [6, 6.07) is -0.578. The maximum absolute atomic E-state index is 12.8. The van der Waals surface area contributed by atoms with Gasteiger partial charge < -0.3 is 15.3 Å². The molecule has 0 unspecified atom stereocenters. The summed E-state index contributed by atoms with van der Waals surface area (Å²) < 4.78 is 38.5. The van der Waals surface area contributed by atoms with Gasteiger partial charge in [-0.3, -0.25) is 4.79 Å². The number of carbonyl (C=O) groups excluding carboxylic acids is 1. The van der Waals surface area contributed by atoms with E-state index < -0.39 is 35.6 Å². The zero-order chi connectivity index (χ0) is 16.2. The number of carboxylic acid groups (broad SMARTS) is 1. The highest BCUT2D eigenvalue weighted by atomic mass is 19.4. The quantitative estimate of drug-likeness (QED) is 0.838. The second-order valence-electron chi connectivity index (χ2n) is 6.87. The lowest BCUT2D eigenvalue weighted by molar-refractivity contribution is -0.184. The van der Waals surface area contributed by atoms with Gasteiger partial charge in [-0.15, -0.1) is 0 Å². The Hall–Kier alpha value is -1.47. The van der Waals surface area contributed by atoms with Crippen LogP contribution >= 0.6 is 0 Å². The molecule has 3 fully saturated rings. The molecule has 1 aliphatic heterocycles. The van der Waals surface area contributed by atoms with Gasteiger partial charge in [0.15, 0.2) is 0 Å². The number of alkyl halides is 3. The second kappa shape index (κ2) is 4.76. The Morgan fingerprint density at radius 3 is 2.45 bits per heavy atom. The molecule has 2 saturated carbocycles. The van der Waals surface area contributed by atoms with Crippen molar-refractivity contribution in [2.45, 2.75) is 38.3 Å². The van der Waals surface area contributed by atoms with Crippen LogP contribution in [-0.4, -0.2) is 47.8 Å². The van der Waals surface area contributed by atoms with Crippen LogP contribution in [0.3, 0.4) is 0 Å². The molecule has 0 aromatic rings. The first kappa shape index (κ1) is 15.4. The van der Waals surface area contributed by atoms with Crippen LogP contribution in [0.2, 0.25) is 0 Å². The van der Waals surface area contributed by atoms with E-state index in [2.05, 4.69) is 5.32 Å². The van der Waals surface area contributed by atoms with Crippen molar-refractivity contribution >= 4 is 12.0 Å². The molecule has 0 bridgehead atoms. The van der Waals surface area contributed by atoms with Gasteiger partial charge in [0.05, 0.1) is 10.8 Å². The Morgan fingerprint density at radius 1 is 1.27 bits per heavy atom. The van der Waals surface area contributed by atoms with E-state index in [9.17, 15) is 27.9 Å². The number of carboxylic acids is 1. The summed E-state index contributed by atoms with van der Waals surface area (Å²) in [5.74, 6) is -0.993. The minimum Gasteiger partial charge on any atom is -0.481 e. The number of carbonyl (C=O) groups is 2. The molecule has 2 aliphatic carbocycles. The van der Waals surface area contributed by atoms with E-state index >= 15 is 0 Å². The summed E-state index contributed by atoms with van der Waals surface area (Å²) in [6.45, 7) is -0.00836. The van der Waals surface area contributed by atoms with Gasteiger partial charge in [0.2, 0.25) is 0 Å². The number of urea groups is 1. The molecule has 0 aromatic heterocycles. The summed E-state index contributed by atoms with van der Waals surface area (Å²) in [5.41, 5.74) is -2.68. The zero-order valence-corrected chi connectivity index (χ0v) is 12.1. The number of fused-ring (bicyclic) bond motifs is 1. The van der Waals surface area contributed by atoms with Crippen LogP contribution in [0, 0.1) is 16.7 Å². The van der Waals surface area contributed by atoms with Gasteiger partial charge in [0, 0.05) is 19.6 Å². The minimum atomic E-state index is -4.30. The molecular weight excluding hydrogens is 301 g/mol. The third kappa shape index (κ3) is 2.23. The summed E-state index contributed by atoms with van der Waals surface area (Å²) >= 11 is 0. The van der Waals surface area contributed by atoms with Crippen LogP contribution in [0.5, 0.6) is 0 Å². The van der Waals surface area contributed by atoms with Crippen molar-refractivity contribution in [2.75, 3.05) is 19.6 Å². The van der Waals surface area contributed by atoms with Gasteiger partial charge in [-0.25, -0.2) is 4.79 Å². The summed E-state index contributed by atoms with van der Waals surface area (Å²) in [4.78, 5) is 25.0. The predicted octanol–water partition coefficient (Wildman–Crippen LogP) is 2.23. The van der Waals surface area contributed by atoms with Gasteiger partial charge >= 0.3 is 18.2 Å². The lowest BCUT2D eigenvalue weighted by Gasteiger charge is -2.25. The largest absolute Gasteiger partial charge is 0.481 e. The van der Waals surface area contributed by atoms with Gasteiger partial charge in [0.25, 0.3) is 0 Å². The van der Waals surface area contributed by atoms with Crippen LogP contribution in [0.1, 0.15) is 32.1 Å². The Bertz CT molecular complexity index is 504. The Balaban J connectivity index is 1.60.